The lowest BCUT2D eigenvalue weighted by Gasteiger charge is -2.37. The summed E-state index contributed by atoms with van der Waals surface area (Å²) in [4.78, 5) is 19.7. The van der Waals surface area contributed by atoms with Gasteiger partial charge in [0.2, 0.25) is 10.0 Å². The van der Waals surface area contributed by atoms with Gasteiger partial charge in [-0.05, 0) is 60.5 Å². The highest BCUT2D eigenvalue weighted by Gasteiger charge is 2.24. The molecule has 1 aliphatic rings. The molecule has 1 amide bonds. The summed E-state index contributed by atoms with van der Waals surface area (Å²) in [6.45, 7) is 4.93. The third-order valence-corrected chi connectivity index (χ3v) is 9.23. The van der Waals surface area contributed by atoms with Crippen molar-refractivity contribution >= 4 is 68.0 Å². The molecule has 3 aromatic rings. The summed E-state index contributed by atoms with van der Waals surface area (Å²) < 4.78 is 25.8. The normalized spacial score (nSPS) is 15.0. The van der Waals surface area contributed by atoms with Gasteiger partial charge in [-0.15, -0.1) is 0 Å². The average Bonchev–Trinajstić information content (AvgIpc) is 2.94. The highest BCUT2D eigenvalue weighted by molar-refractivity contribution is 7.88. The number of amides is 1. The molecular formula is C30H34Cl4N4O3S. The van der Waals surface area contributed by atoms with Crippen LogP contribution in [0.3, 0.4) is 0 Å². The SMILES string of the molecule is CN(CC(CCN1CCN(c2ccccc2CNS(C)(=O)=O)CC1)c1ccc(Cl)c(Cl)c1)C(=O)c1cc(Cl)cc(Cl)c1. The molecule has 4 rings (SSSR count). The zero-order valence-electron chi connectivity index (χ0n) is 23.5. The van der Waals surface area contributed by atoms with Gasteiger partial charge in [0, 0.05) is 73.5 Å². The molecule has 42 heavy (non-hydrogen) atoms. The third kappa shape index (κ3) is 9.23. The lowest BCUT2D eigenvalue weighted by molar-refractivity contribution is 0.0782. The number of carbonyl (C=O) groups is 1. The number of rotatable bonds is 11. The molecular weight excluding hydrogens is 638 g/mol. The van der Waals surface area contributed by atoms with Crippen molar-refractivity contribution in [2.45, 2.75) is 18.9 Å². The van der Waals surface area contributed by atoms with Crippen molar-refractivity contribution in [3.05, 3.63) is 97.4 Å². The van der Waals surface area contributed by atoms with Crippen LogP contribution in [0.15, 0.2) is 60.7 Å². The smallest absolute Gasteiger partial charge is 0.253 e. The summed E-state index contributed by atoms with van der Waals surface area (Å²) >= 11 is 24.9. The van der Waals surface area contributed by atoms with Gasteiger partial charge >= 0.3 is 0 Å². The summed E-state index contributed by atoms with van der Waals surface area (Å²) in [6.07, 6.45) is 1.97. The Labute approximate surface area is 268 Å². The van der Waals surface area contributed by atoms with E-state index in [1.165, 1.54) is 6.26 Å². The fraction of sp³-hybridized carbons (Fsp3) is 0.367. The summed E-state index contributed by atoms with van der Waals surface area (Å²) in [6, 6.07) is 18.4. The summed E-state index contributed by atoms with van der Waals surface area (Å²) in [5.74, 6) is -0.147. The Kier molecular flexibility index (Phi) is 11.4. The van der Waals surface area contributed by atoms with Crippen molar-refractivity contribution in [1.82, 2.24) is 14.5 Å². The number of benzene rings is 3. The van der Waals surface area contributed by atoms with Crippen molar-refractivity contribution in [2.24, 2.45) is 0 Å². The van der Waals surface area contributed by atoms with E-state index in [4.69, 9.17) is 46.4 Å². The fourth-order valence-corrected chi connectivity index (χ4v) is 6.42. The number of hydrogen-bond donors (Lipinski definition) is 1. The van der Waals surface area contributed by atoms with Gasteiger partial charge in [0.25, 0.3) is 5.91 Å². The zero-order chi connectivity index (χ0) is 30.4. The van der Waals surface area contributed by atoms with Crippen LogP contribution in [0.25, 0.3) is 0 Å². The van der Waals surface area contributed by atoms with E-state index in [2.05, 4.69) is 14.5 Å². The lowest BCUT2D eigenvalue weighted by Crippen LogP contribution is -2.47. The van der Waals surface area contributed by atoms with E-state index in [1.54, 1.807) is 36.2 Å². The number of sulfonamides is 1. The fourth-order valence-electron chi connectivity index (χ4n) is 5.17. The molecule has 1 fully saturated rings. The minimum Gasteiger partial charge on any atom is -0.369 e. The average molecular weight is 673 g/mol. The zero-order valence-corrected chi connectivity index (χ0v) is 27.3. The molecule has 0 spiro atoms. The molecule has 1 N–H and O–H groups in total. The number of piperazine rings is 1. The van der Waals surface area contributed by atoms with E-state index in [0.717, 1.165) is 56.0 Å². The van der Waals surface area contributed by atoms with Gasteiger partial charge in [0.15, 0.2) is 0 Å². The predicted octanol–water partition coefficient (Wildman–Crippen LogP) is 6.42. The number of nitrogens with zero attached hydrogens (tertiary/aromatic N) is 3. The van der Waals surface area contributed by atoms with Crippen LogP contribution < -0.4 is 9.62 Å². The molecule has 1 heterocycles. The second kappa shape index (κ2) is 14.6. The molecule has 0 saturated carbocycles. The van der Waals surface area contributed by atoms with Crippen LogP contribution in [0.1, 0.15) is 33.8 Å². The van der Waals surface area contributed by atoms with Gasteiger partial charge in [0.05, 0.1) is 16.3 Å². The minimum absolute atomic E-state index is 0.0178. The molecule has 0 aromatic heterocycles. The largest absolute Gasteiger partial charge is 0.369 e. The maximum absolute atomic E-state index is 13.3. The molecule has 1 atom stereocenters. The highest BCUT2D eigenvalue weighted by atomic mass is 35.5. The van der Waals surface area contributed by atoms with Crippen LogP contribution >= 0.6 is 46.4 Å². The summed E-state index contributed by atoms with van der Waals surface area (Å²) in [5.41, 5.74) is 3.44. The van der Waals surface area contributed by atoms with E-state index in [-0.39, 0.29) is 18.4 Å². The van der Waals surface area contributed by atoms with E-state index in [1.807, 2.05) is 36.4 Å². The molecule has 7 nitrogen and oxygen atoms in total. The molecule has 0 bridgehead atoms. The summed E-state index contributed by atoms with van der Waals surface area (Å²) in [5, 5.41) is 1.79. The van der Waals surface area contributed by atoms with Crippen LogP contribution in [-0.4, -0.2) is 76.7 Å². The molecule has 226 valence electrons. The first-order chi connectivity index (χ1) is 19.9. The number of halogens is 4. The monoisotopic (exact) mass is 670 g/mol. The van der Waals surface area contributed by atoms with Crippen molar-refractivity contribution in [3.63, 3.8) is 0 Å². The minimum atomic E-state index is -3.28. The molecule has 3 aromatic carbocycles. The Bertz CT molecular complexity index is 1490. The van der Waals surface area contributed by atoms with Crippen LogP contribution in [0.4, 0.5) is 5.69 Å². The number of anilines is 1. The van der Waals surface area contributed by atoms with Gasteiger partial charge < -0.3 is 9.80 Å². The maximum atomic E-state index is 13.3. The number of carbonyl (C=O) groups excluding carboxylic acids is 1. The van der Waals surface area contributed by atoms with Gasteiger partial charge in [-0.2, -0.15) is 0 Å². The molecule has 1 aliphatic heterocycles. The lowest BCUT2D eigenvalue weighted by atomic mass is 9.94. The van der Waals surface area contributed by atoms with Crippen molar-refractivity contribution < 1.29 is 13.2 Å². The van der Waals surface area contributed by atoms with E-state index >= 15 is 0 Å². The van der Waals surface area contributed by atoms with Crippen molar-refractivity contribution in [3.8, 4) is 0 Å². The standard InChI is InChI=1S/C30H34Cl4N4O3S/c1-36(30(39)24-15-25(31)18-26(32)16-24)20-23(21-7-8-27(33)28(34)17-21)9-10-37-11-13-38(14-12-37)29-6-4-3-5-22(29)19-35-42(2,40)41/h3-8,15-18,23,35H,9-14,19-20H2,1-2H3. The van der Waals surface area contributed by atoms with Gasteiger partial charge in [-0.1, -0.05) is 70.7 Å². The predicted molar refractivity (Wildman–Crippen MR) is 174 cm³/mol. The number of likely N-dealkylation sites (N-methyl/N-ethyl adjacent to an activating group) is 1. The number of nitrogens with one attached hydrogen (secondary N) is 1. The molecule has 0 aliphatic carbocycles. The van der Waals surface area contributed by atoms with Crippen LogP contribution in [0.5, 0.6) is 0 Å². The summed E-state index contributed by atoms with van der Waals surface area (Å²) in [7, 11) is -1.51. The first kappa shape index (κ1) is 32.9. The van der Waals surface area contributed by atoms with Gasteiger partial charge in [0.1, 0.15) is 0 Å². The van der Waals surface area contributed by atoms with Crippen molar-refractivity contribution in [2.75, 3.05) is 57.5 Å². The van der Waals surface area contributed by atoms with E-state index in [0.29, 0.717) is 32.2 Å². The van der Waals surface area contributed by atoms with Gasteiger partial charge in [-0.3, -0.25) is 9.69 Å². The van der Waals surface area contributed by atoms with E-state index < -0.39 is 10.0 Å². The Morgan fingerprint density at radius 3 is 2.24 bits per heavy atom. The second-order valence-electron chi connectivity index (χ2n) is 10.6. The second-order valence-corrected chi connectivity index (χ2v) is 14.1. The van der Waals surface area contributed by atoms with Crippen molar-refractivity contribution in [1.29, 1.82) is 0 Å². The Morgan fingerprint density at radius 2 is 1.60 bits per heavy atom. The third-order valence-electron chi connectivity index (χ3n) is 7.39. The van der Waals surface area contributed by atoms with Gasteiger partial charge in [-0.25, -0.2) is 13.1 Å². The van der Waals surface area contributed by atoms with E-state index in [9.17, 15) is 13.2 Å². The first-order valence-corrected chi connectivity index (χ1v) is 17.0. The Hall–Kier alpha value is -2.04. The van der Waals surface area contributed by atoms with Crippen LogP contribution in [-0.2, 0) is 16.6 Å². The Balaban J connectivity index is 1.41. The molecule has 0 radical (unpaired) electrons. The quantitative estimate of drug-likeness (QED) is 0.255. The molecule has 1 unspecified atom stereocenters. The Morgan fingerprint density at radius 1 is 0.929 bits per heavy atom. The van der Waals surface area contributed by atoms with Crippen LogP contribution in [0.2, 0.25) is 20.1 Å². The highest BCUT2D eigenvalue weighted by Crippen LogP contribution is 2.30. The first-order valence-electron chi connectivity index (χ1n) is 13.6. The van der Waals surface area contributed by atoms with Crippen LogP contribution in [0, 0.1) is 0 Å². The molecule has 12 heteroatoms. The topological polar surface area (TPSA) is 73.0 Å². The number of para-hydroxylation sites is 1. The molecule has 1 saturated heterocycles. The number of hydrogen-bond acceptors (Lipinski definition) is 5. The maximum Gasteiger partial charge on any atom is 0.253 e.